The van der Waals surface area contributed by atoms with Crippen molar-refractivity contribution >= 4 is 11.7 Å². The third kappa shape index (κ3) is 5.44. The molecule has 1 aliphatic heterocycles. The quantitative estimate of drug-likeness (QED) is 0.819. The molecule has 3 N–H and O–H groups in total. The number of hydrogen-bond acceptors (Lipinski definition) is 4. The van der Waals surface area contributed by atoms with Gasteiger partial charge in [0, 0.05) is 37.3 Å². The molecule has 0 bridgehead atoms. The van der Waals surface area contributed by atoms with Gasteiger partial charge in [-0.05, 0) is 44.2 Å². The monoisotopic (exact) mass is 358 g/mol. The van der Waals surface area contributed by atoms with E-state index in [1.165, 1.54) is 50.5 Å². The van der Waals surface area contributed by atoms with E-state index < -0.39 is 0 Å². The van der Waals surface area contributed by atoms with Crippen LogP contribution in [-0.4, -0.2) is 30.5 Å². The lowest BCUT2D eigenvalue weighted by Crippen LogP contribution is -2.39. The second kappa shape index (κ2) is 9.91. The summed E-state index contributed by atoms with van der Waals surface area (Å²) in [6, 6.07) is 4.19. The molecule has 1 aromatic heterocycles. The van der Waals surface area contributed by atoms with Crippen molar-refractivity contribution in [2.24, 2.45) is 17.6 Å². The zero-order valence-corrected chi connectivity index (χ0v) is 16.0. The van der Waals surface area contributed by atoms with Crippen LogP contribution in [0, 0.1) is 11.8 Å². The van der Waals surface area contributed by atoms with Crippen molar-refractivity contribution in [1.82, 2.24) is 10.3 Å². The van der Waals surface area contributed by atoms with Crippen LogP contribution >= 0.6 is 0 Å². The molecule has 1 saturated carbocycles. The fourth-order valence-corrected chi connectivity index (χ4v) is 4.38. The molecular weight excluding hydrogens is 324 g/mol. The number of anilines is 1. The van der Waals surface area contributed by atoms with E-state index in [1.807, 2.05) is 12.3 Å². The SMILES string of the molecule is NC(=O)C1CCN(c2ncccc2CNCC2CCCCCCC2)CC1. The smallest absolute Gasteiger partial charge is 0.220 e. The van der Waals surface area contributed by atoms with Gasteiger partial charge in [0.05, 0.1) is 0 Å². The highest BCUT2D eigenvalue weighted by atomic mass is 16.1. The summed E-state index contributed by atoms with van der Waals surface area (Å²) in [4.78, 5) is 18.3. The van der Waals surface area contributed by atoms with Crippen molar-refractivity contribution in [3.05, 3.63) is 23.9 Å². The van der Waals surface area contributed by atoms with Gasteiger partial charge in [0.25, 0.3) is 0 Å². The van der Waals surface area contributed by atoms with Gasteiger partial charge in [0.15, 0.2) is 0 Å². The van der Waals surface area contributed by atoms with Crippen molar-refractivity contribution in [2.75, 3.05) is 24.5 Å². The Bertz CT molecular complexity index is 561. The summed E-state index contributed by atoms with van der Waals surface area (Å²) in [5, 5.41) is 3.69. The van der Waals surface area contributed by atoms with Crippen LogP contribution in [0.15, 0.2) is 18.3 Å². The Kier molecular flexibility index (Phi) is 7.30. The van der Waals surface area contributed by atoms with E-state index in [9.17, 15) is 4.79 Å². The minimum absolute atomic E-state index is 0.0239. The lowest BCUT2D eigenvalue weighted by atomic mass is 9.91. The maximum absolute atomic E-state index is 11.4. The standard InChI is InChI=1S/C21H34N4O/c22-20(26)18-10-13-25(14-11-18)21-19(9-6-12-24-21)16-23-15-17-7-4-2-1-3-5-8-17/h6,9,12,17-18,23H,1-5,7-8,10-11,13-16H2,(H2,22,26). The molecule has 5 nitrogen and oxygen atoms in total. The third-order valence-electron chi connectivity index (χ3n) is 6.04. The van der Waals surface area contributed by atoms with Crippen molar-refractivity contribution in [3.8, 4) is 0 Å². The van der Waals surface area contributed by atoms with E-state index in [0.29, 0.717) is 0 Å². The summed E-state index contributed by atoms with van der Waals surface area (Å²) < 4.78 is 0. The zero-order valence-electron chi connectivity index (χ0n) is 16.0. The van der Waals surface area contributed by atoms with Gasteiger partial charge >= 0.3 is 0 Å². The Morgan fingerprint density at radius 3 is 2.50 bits per heavy atom. The number of primary amides is 1. The van der Waals surface area contributed by atoms with Gasteiger partial charge in [-0.15, -0.1) is 0 Å². The molecule has 0 spiro atoms. The second-order valence-electron chi connectivity index (χ2n) is 7.99. The Labute approximate surface area is 157 Å². The molecule has 2 fully saturated rings. The number of pyridine rings is 1. The number of carbonyl (C=O) groups excluding carboxylic acids is 1. The lowest BCUT2D eigenvalue weighted by molar-refractivity contribution is -0.122. The predicted octanol–water partition coefficient (Wildman–Crippen LogP) is 3.23. The fraction of sp³-hybridized carbons (Fsp3) is 0.714. The first-order valence-electron chi connectivity index (χ1n) is 10.4. The first-order chi connectivity index (χ1) is 12.7. The summed E-state index contributed by atoms with van der Waals surface area (Å²) >= 11 is 0. The van der Waals surface area contributed by atoms with E-state index in [0.717, 1.165) is 50.8 Å². The van der Waals surface area contributed by atoms with Crippen LogP contribution in [0.5, 0.6) is 0 Å². The van der Waals surface area contributed by atoms with Crippen molar-refractivity contribution in [3.63, 3.8) is 0 Å². The molecule has 1 amide bonds. The molecule has 2 aliphatic rings. The van der Waals surface area contributed by atoms with Gasteiger partial charge in [-0.3, -0.25) is 4.79 Å². The first kappa shape index (κ1) is 19.2. The molecular formula is C21H34N4O. The summed E-state index contributed by atoms with van der Waals surface area (Å²) in [6.07, 6.45) is 13.3. The highest BCUT2D eigenvalue weighted by molar-refractivity contribution is 5.77. The number of amides is 1. The van der Waals surface area contributed by atoms with Crippen LogP contribution in [0.2, 0.25) is 0 Å². The maximum atomic E-state index is 11.4. The minimum atomic E-state index is -0.160. The van der Waals surface area contributed by atoms with Crippen LogP contribution in [-0.2, 0) is 11.3 Å². The molecule has 26 heavy (non-hydrogen) atoms. The third-order valence-corrected chi connectivity index (χ3v) is 6.04. The van der Waals surface area contributed by atoms with Crippen molar-refractivity contribution < 1.29 is 4.79 Å². The van der Waals surface area contributed by atoms with Gasteiger partial charge in [-0.2, -0.15) is 0 Å². The molecule has 1 aliphatic carbocycles. The second-order valence-corrected chi connectivity index (χ2v) is 7.99. The number of hydrogen-bond donors (Lipinski definition) is 2. The van der Waals surface area contributed by atoms with Crippen LogP contribution < -0.4 is 16.0 Å². The lowest BCUT2D eigenvalue weighted by Gasteiger charge is -2.32. The number of aromatic nitrogens is 1. The Morgan fingerprint density at radius 1 is 1.12 bits per heavy atom. The largest absolute Gasteiger partial charge is 0.369 e. The predicted molar refractivity (Wildman–Crippen MR) is 106 cm³/mol. The van der Waals surface area contributed by atoms with Crippen LogP contribution in [0.3, 0.4) is 0 Å². The number of rotatable bonds is 6. The van der Waals surface area contributed by atoms with Gasteiger partial charge < -0.3 is 16.0 Å². The first-order valence-corrected chi connectivity index (χ1v) is 10.4. The summed E-state index contributed by atoms with van der Waals surface area (Å²) in [5.41, 5.74) is 6.72. The average Bonchev–Trinajstić information content (AvgIpc) is 2.64. The number of piperidine rings is 1. The van der Waals surface area contributed by atoms with E-state index in [-0.39, 0.29) is 11.8 Å². The maximum Gasteiger partial charge on any atom is 0.220 e. The van der Waals surface area contributed by atoms with Gasteiger partial charge in [0.2, 0.25) is 5.91 Å². The Hall–Kier alpha value is -1.62. The molecule has 0 unspecified atom stereocenters. The zero-order chi connectivity index (χ0) is 18.2. The molecule has 5 heteroatoms. The van der Waals surface area contributed by atoms with Gasteiger partial charge in [-0.25, -0.2) is 4.98 Å². The van der Waals surface area contributed by atoms with Crippen LogP contribution in [0.1, 0.15) is 63.4 Å². The van der Waals surface area contributed by atoms with Crippen LogP contribution in [0.25, 0.3) is 0 Å². The summed E-state index contributed by atoms with van der Waals surface area (Å²) in [6.45, 7) is 3.70. The Morgan fingerprint density at radius 2 is 1.81 bits per heavy atom. The molecule has 1 saturated heterocycles. The van der Waals surface area contributed by atoms with Gasteiger partial charge in [0.1, 0.15) is 5.82 Å². The highest BCUT2D eigenvalue weighted by Gasteiger charge is 2.24. The Balaban J connectivity index is 1.51. The average molecular weight is 359 g/mol. The van der Waals surface area contributed by atoms with E-state index in [2.05, 4.69) is 21.3 Å². The van der Waals surface area contributed by atoms with E-state index in [1.54, 1.807) is 0 Å². The molecule has 0 atom stereocenters. The van der Waals surface area contributed by atoms with Gasteiger partial charge in [-0.1, -0.05) is 38.2 Å². The molecule has 3 rings (SSSR count). The topological polar surface area (TPSA) is 71.2 Å². The fourth-order valence-electron chi connectivity index (χ4n) is 4.38. The van der Waals surface area contributed by atoms with E-state index >= 15 is 0 Å². The van der Waals surface area contributed by atoms with Crippen LogP contribution in [0.4, 0.5) is 5.82 Å². The molecule has 0 aromatic carbocycles. The molecule has 2 heterocycles. The number of carbonyl (C=O) groups is 1. The summed E-state index contributed by atoms with van der Waals surface area (Å²) in [7, 11) is 0. The number of nitrogens with two attached hydrogens (primary N) is 1. The molecule has 144 valence electrons. The van der Waals surface area contributed by atoms with Crippen molar-refractivity contribution in [1.29, 1.82) is 0 Å². The van der Waals surface area contributed by atoms with E-state index in [4.69, 9.17) is 5.73 Å². The number of nitrogens with zero attached hydrogens (tertiary/aromatic N) is 2. The minimum Gasteiger partial charge on any atom is -0.369 e. The normalized spacial score (nSPS) is 20.5. The molecule has 0 radical (unpaired) electrons. The highest BCUT2D eigenvalue weighted by Crippen LogP contribution is 2.25. The molecule has 1 aromatic rings. The summed E-state index contributed by atoms with van der Waals surface area (Å²) in [5.74, 6) is 1.75. The van der Waals surface area contributed by atoms with Crippen molar-refractivity contribution in [2.45, 2.75) is 64.3 Å². The number of nitrogens with one attached hydrogen (secondary N) is 1.